The number of amides is 1. The van der Waals surface area contributed by atoms with Crippen molar-refractivity contribution >= 4 is 17.7 Å². The molecule has 0 saturated carbocycles. The summed E-state index contributed by atoms with van der Waals surface area (Å²) < 4.78 is 7.51. The van der Waals surface area contributed by atoms with Gasteiger partial charge >= 0.3 is 0 Å². The van der Waals surface area contributed by atoms with E-state index in [1.54, 1.807) is 6.26 Å². The zero-order valence-electron chi connectivity index (χ0n) is 17.2. The molecule has 2 aromatic carbocycles. The van der Waals surface area contributed by atoms with Gasteiger partial charge in [-0.25, -0.2) is 0 Å². The van der Waals surface area contributed by atoms with Crippen molar-refractivity contribution in [3.63, 3.8) is 0 Å². The van der Waals surface area contributed by atoms with Crippen molar-refractivity contribution in [1.29, 1.82) is 0 Å². The zero-order valence-corrected chi connectivity index (χ0v) is 18.0. The van der Waals surface area contributed by atoms with E-state index < -0.39 is 0 Å². The Hall–Kier alpha value is -3.32. The molecule has 156 valence electrons. The lowest BCUT2D eigenvalue weighted by Crippen LogP contribution is -2.37. The highest BCUT2D eigenvalue weighted by Crippen LogP contribution is 2.29. The van der Waals surface area contributed by atoms with E-state index in [1.165, 1.54) is 28.5 Å². The van der Waals surface area contributed by atoms with Crippen LogP contribution in [0, 0.1) is 6.92 Å². The second-order valence-electron chi connectivity index (χ2n) is 7.58. The van der Waals surface area contributed by atoms with Crippen LogP contribution in [0.15, 0.2) is 76.5 Å². The first-order valence-electron chi connectivity index (χ1n) is 10.2. The van der Waals surface area contributed by atoms with Crippen LogP contribution in [-0.2, 0) is 17.8 Å². The van der Waals surface area contributed by atoms with Gasteiger partial charge in [0, 0.05) is 18.8 Å². The maximum absolute atomic E-state index is 12.9. The average Bonchev–Trinajstić information content (AvgIpc) is 3.47. The molecule has 7 heteroatoms. The summed E-state index contributed by atoms with van der Waals surface area (Å²) in [4.78, 5) is 14.9. The molecule has 0 fully saturated rings. The number of carbonyl (C=O) groups excluding carboxylic acids is 1. The van der Waals surface area contributed by atoms with E-state index in [1.807, 2.05) is 51.9 Å². The summed E-state index contributed by atoms with van der Waals surface area (Å²) in [5, 5.41) is 9.39. The average molecular weight is 431 g/mol. The molecular formula is C24H22N4O2S. The molecule has 31 heavy (non-hydrogen) atoms. The molecule has 0 atom stereocenters. The summed E-state index contributed by atoms with van der Waals surface area (Å²) in [6.07, 6.45) is 2.52. The minimum absolute atomic E-state index is 0.109. The molecule has 3 heterocycles. The fraction of sp³-hybridized carbons (Fsp3) is 0.208. The zero-order chi connectivity index (χ0) is 21.2. The summed E-state index contributed by atoms with van der Waals surface area (Å²) in [6.45, 7) is 3.46. The fourth-order valence-electron chi connectivity index (χ4n) is 3.78. The van der Waals surface area contributed by atoms with Crippen LogP contribution in [0.3, 0.4) is 0 Å². The number of nitrogens with zero attached hydrogens (tertiary/aromatic N) is 4. The number of carbonyl (C=O) groups is 1. The van der Waals surface area contributed by atoms with Crippen molar-refractivity contribution in [2.75, 3.05) is 12.3 Å². The van der Waals surface area contributed by atoms with Gasteiger partial charge in [-0.1, -0.05) is 53.7 Å². The lowest BCUT2D eigenvalue weighted by atomic mass is 10.00. The molecule has 5 rings (SSSR count). The minimum Gasteiger partial charge on any atom is -0.461 e. The quantitative estimate of drug-likeness (QED) is 0.436. The Labute approximate surface area is 184 Å². The van der Waals surface area contributed by atoms with Gasteiger partial charge in [0.15, 0.2) is 10.9 Å². The van der Waals surface area contributed by atoms with Crippen molar-refractivity contribution in [2.45, 2.75) is 25.0 Å². The highest BCUT2D eigenvalue weighted by Gasteiger charge is 2.23. The summed E-state index contributed by atoms with van der Waals surface area (Å²) in [5.41, 5.74) is 4.67. The maximum Gasteiger partial charge on any atom is 0.233 e. The summed E-state index contributed by atoms with van der Waals surface area (Å²) >= 11 is 1.40. The maximum atomic E-state index is 12.9. The first-order valence-corrected chi connectivity index (χ1v) is 11.2. The van der Waals surface area contributed by atoms with Crippen molar-refractivity contribution in [3.05, 3.63) is 83.6 Å². The van der Waals surface area contributed by atoms with E-state index in [-0.39, 0.29) is 5.91 Å². The van der Waals surface area contributed by atoms with Crippen LogP contribution < -0.4 is 0 Å². The van der Waals surface area contributed by atoms with Gasteiger partial charge in [0.2, 0.25) is 11.7 Å². The molecule has 4 aromatic rings. The Balaban J connectivity index is 1.37. The normalized spacial score (nSPS) is 13.3. The molecule has 0 saturated heterocycles. The Morgan fingerprint density at radius 2 is 1.84 bits per heavy atom. The molecule has 0 spiro atoms. The van der Waals surface area contributed by atoms with E-state index in [4.69, 9.17) is 4.42 Å². The molecule has 0 aliphatic carbocycles. The van der Waals surface area contributed by atoms with Gasteiger partial charge in [0.05, 0.1) is 12.0 Å². The van der Waals surface area contributed by atoms with Gasteiger partial charge < -0.3 is 9.32 Å². The molecule has 6 nitrogen and oxygen atoms in total. The molecule has 0 unspecified atom stereocenters. The number of aryl methyl sites for hydroxylation is 1. The lowest BCUT2D eigenvalue weighted by Gasteiger charge is -2.28. The Bertz CT molecular complexity index is 1200. The predicted octanol–water partition coefficient (Wildman–Crippen LogP) is 4.51. The van der Waals surface area contributed by atoms with Crippen LogP contribution in [-0.4, -0.2) is 37.9 Å². The van der Waals surface area contributed by atoms with Crippen LogP contribution >= 0.6 is 11.8 Å². The predicted molar refractivity (Wildman–Crippen MR) is 120 cm³/mol. The fourth-order valence-corrected chi connectivity index (χ4v) is 4.64. The lowest BCUT2D eigenvalue weighted by molar-refractivity contribution is -0.129. The van der Waals surface area contributed by atoms with Crippen molar-refractivity contribution < 1.29 is 9.21 Å². The van der Waals surface area contributed by atoms with E-state index in [9.17, 15) is 4.79 Å². The summed E-state index contributed by atoms with van der Waals surface area (Å²) in [7, 11) is 0. The van der Waals surface area contributed by atoms with Crippen LogP contribution in [0.5, 0.6) is 0 Å². The number of aromatic nitrogens is 3. The number of rotatable bonds is 5. The second kappa shape index (κ2) is 8.43. The molecule has 0 bridgehead atoms. The molecular weight excluding hydrogens is 408 g/mol. The third-order valence-corrected chi connectivity index (χ3v) is 6.39. The van der Waals surface area contributed by atoms with Crippen LogP contribution in [0.4, 0.5) is 0 Å². The SMILES string of the molecule is Cc1ccc(-n2c(SCC(=O)N3CCc4ccccc4C3)nnc2-c2ccco2)cc1. The Morgan fingerprint density at radius 1 is 1.03 bits per heavy atom. The first kappa shape index (κ1) is 19.6. The van der Waals surface area contributed by atoms with Crippen LogP contribution in [0.2, 0.25) is 0 Å². The molecule has 1 aliphatic rings. The Morgan fingerprint density at radius 3 is 2.61 bits per heavy atom. The van der Waals surface area contributed by atoms with Gasteiger partial charge in [-0.15, -0.1) is 10.2 Å². The van der Waals surface area contributed by atoms with Crippen LogP contribution in [0.1, 0.15) is 16.7 Å². The topological polar surface area (TPSA) is 64.2 Å². The van der Waals surface area contributed by atoms with E-state index in [0.717, 1.165) is 18.7 Å². The van der Waals surface area contributed by atoms with Crippen molar-refractivity contribution in [1.82, 2.24) is 19.7 Å². The number of thioether (sulfide) groups is 1. The van der Waals surface area contributed by atoms with E-state index >= 15 is 0 Å². The second-order valence-corrected chi connectivity index (χ2v) is 8.52. The highest BCUT2D eigenvalue weighted by atomic mass is 32.2. The molecule has 0 N–H and O–H groups in total. The third-order valence-electron chi connectivity index (χ3n) is 5.48. The van der Waals surface area contributed by atoms with Gasteiger partial charge in [-0.05, 0) is 48.7 Å². The third kappa shape index (κ3) is 4.01. The van der Waals surface area contributed by atoms with Crippen molar-refractivity contribution in [2.24, 2.45) is 0 Å². The molecule has 0 radical (unpaired) electrons. The van der Waals surface area contributed by atoms with Crippen molar-refractivity contribution in [3.8, 4) is 17.3 Å². The van der Waals surface area contributed by atoms with E-state index in [2.05, 4.69) is 35.3 Å². The first-order chi connectivity index (χ1) is 15.2. The minimum atomic E-state index is 0.109. The standard InChI is InChI=1S/C24H22N4O2S/c1-17-8-10-20(11-9-17)28-23(21-7-4-14-30-21)25-26-24(28)31-16-22(29)27-13-12-18-5-2-3-6-19(18)15-27/h2-11,14H,12-13,15-16H2,1H3. The Kier molecular flexibility index (Phi) is 5.34. The number of hydrogen-bond acceptors (Lipinski definition) is 5. The smallest absolute Gasteiger partial charge is 0.233 e. The monoisotopic (exact) mass is 430 g/mol. The summed E-state index contributed by atoms with van der Waals surface area (Å²) in [6, 6.07) is 20.2. The van der Waals surface area contributed by atoms with Gasteiger partial charge in [-0.3, -0.25) is 9.36 Å². The van der Waals surface area contributed by atoms with E-state index in [0.29, 0.717) is 29.0 Å². The van der Waals surface area contributed by atoms with Gasteiger partial charge in [0.25, 0.3) is 0 Å². The van der Waals surface area contributed by atoms with Gasteiger partial charge in [-0.2, -0.15) is 0 Å². The molecule has 1 aliphatic heterocycles. The number of furan rings is 1. The number of hydrogen-bond donors (Lipinski definition) is 0. The summed E-state index contributed by atoms with van der Waals surface area (Å²) in [5.74, 6) is 1.68. The molecule has 2 aromatic heterocycles. The van der Waals surface area contributed by atoms with Gasteiger partial charge in [0.1, 0.15) is 0 Å². The van der Waals surface area contributed by atoms with Crippen LogP contribution in [0.25, 0.3) is 17.3 Å². The number of fused-ring (bicyclic) bond motifs is 1. The molecule has 1 amide bonds. The highest BCUT2D eigenvalue weighted by molar-refractivity contribution is 7.99. The number of benzene rings is 2. The largest absolute Gasteiger partial charge is 0.461 e.